The molecule has 0 aliphatic rings. The van der Waals surface area contributed by atoms with Gasteiger partial charge in [-0.05, 0) is 6.07 Å². The largest absolute Gasteiger partial charge is 0.359 e. The number of nitrogens with zero attached hydrogens (tertiary/aromatic N) is 6. The van der Waals surface area contributed by atoms with E-state index in [0.717, 1.165) is 5.56 Å². The van der Waals surface area contributed by atoms with Gasteiger partial charge in [0.15, 0.2) is 5.76 Å². The van der Waals surface area contributed by atoms with Gasteiger partial charge in [0.1, 0.15) is 5.69 Å². The fourth-order valence-electron chi connectivity index (χ4n) is 2.37. The lowest BCUT2D eigenvalue weighted by atomic mass is 10.2. The third-order valence-electron chi connectivity index (χ3n) is 3.51. The molecule has 4 heterocycles. The van der Waals surface area contributed by atoms with Gasteiger partial charge in [-0.25, -0.2) is 4.98 Å². The molecule has 0 spiro atoms. The van der Waals surface area contributed by atoms with E-state index in [0.29, 0.717) is 22.4 Å². The first kappa shape index (κ1) is 13.4. The highest BCUT2D eigenvalue weighted by atomic mass is 16.5. The van der Waals surface area contributed by atoms with E-state index in [2.05, 4.69) is 20.2 Å². The number of aromatic nitrogens is 6. The van der Waals surface area contributed by atoms with Crippen molar-refractivity contribution in [2.45, 2.75) is 6.54 Å². The molecule has 0 amide bonds. The van der Waals surface area contributed by atoms with Crippen LogP contribution in [0.4, 0.5) is 0 Å². The molecule has 23 heavy (non-hydrogen) atoms. The molecular weight excluding hydrogens is 296 g/mol. The summed E-state index contributed by atoms with van der Waals surface area (Å²) in [6.45, 7) is 0.261. The Kier molecular flexibility index (Phi) is 3.00. The van der Waals surface area contributed by atoms with Crippen molar-refractivity contribution < 1.29 is 4.52 Å². The van der Waals surface area contributed by atoms with Crippen molar-refractivity contribution >= 4 is 10.9 Å². The second kappa shape index (κ2) is 5.16. The first-order chi connectivity index (χ1) is 11.2. The molecule has 4 aromatic rings. The number of hydrogen-bond acceptors (Lipinski definition) is 6. The molecule has 0 N–H and O–H groups in total. The van der Waals surface area contributed by atoms with Gasteiger partial charge >= 0.3 is 0 Å². The minimum atomic E-state index is -0.142. The third-order valence-corrected chi connectivity index (χ3v) is 3.51. The average Bonchev–Trinajstić information content (AvgIpc) is 3.19. The van der Waals surface area contributed by atoms with E-state index in [1.165, 1.54) is 10.9 Å². The van der Waals surface area contributed by atoms with E-state index in [1.54, 1.807) is 35.4 Å². The van der Waals surface area contributed by atoms with Gasteiger partial charge in [-0.3, -0.25) is 19.0 Å². The highest BCUT2D eigenvalue weighted by Gasteiger charge is 2.10. The summed E-state index contributed by atoms with van der Waals surface area (Å²) in [6.07, 6.45) is 8.18. The number of rotatable bonds is 3. The Bertz CT molecular complexity index is 1050. The van der Waals surface area contributed by atoms with E-state index in [9.17, 15) is 4.79 Å². The smallest absolute Gasteiger partial charge is 0.261 e. The maximum absolute atomic E-state index is 12.4. The summed E-state index contributed by atoms with van der Waals surface area (Å²) in [7, 11) is 1.83. The number of fused-ring (bicyclic) bond motifs is 1. The molecule has 0 fully saturated rings. The molecule has 0 aliphatic heterocycles. The lowest BCUT2D eigenvalue weighted by Crippen LogP contribution is -2.21. The average molecular weight is 308 g/mol. The zero-order chi connectivity index (χ0) is 15.8. The van der Waals surface area contributed by atoms with Gasteiger partial charge in [-0.15, -0.1) is 0 Å². The third kappa shape index (κ3) is 2.39. The van der Waals surface area contributed by atoms with Crippen molar-refractivity contribution in [3.8, 4) is 11.3 Å². The van der Waals surface area contributed by atoms with Crippen molar-refractivity contribution in [1.82, 2.24) is 29.5 Å². The standard InChI is InChI=1S/C15H12N6O2/c1-20-7-10(5-18-20)13-4-11(23-19-13)8-21-9-17-14-6-16-3-2-12(14)15(21)22/h2-7,9H,8H2,1H3. The van der Waals surface area contributed by atoms with Gasteiger partial charge in [0.25, 0.3) is 5.56 Å². The van der Waals surface area contributed by atoms with Gasteiger partial charge < -0.3 is 4.52 Å². The van der Waals surface area contributed by atoms with Gasteiger partial charge in [0.2, 0.25) is 0 Å². The molecule has 4 aromatic heterocycles. The van der Waals surface area contributed by atoms with E-state index in [4.69, 9.17) is 4.52 Å². The Labute approximate surface area is 130 Å². The minimum absolute atomic E-state index is 0.142. The molecule has 0 bridgehead atoms. The monoisotopic (exact) mass is 308 g/mol. The summed E-state index contributed by atoms with van der Waals surface area (Å²) in [5.41, 5.74) is 1.97. The maximum atomic E-state index is 12.4. The molecule has 0 saturated heterocycles. The zero-order valence-corrected chi connectivity index (χ0v) is 12.2. The Morgan fingerprint density at radius 3 is 3.04 bits per heavy atom. The summed E-state index contributed by atoms with van der Waals surface area (Å²) >= 11 is 0. The topological polar surface area (TPSA) is 91.6 Å². The van der Waals surface area contributed by atoms with Crippen LogP contribution in [0.5, 0.6) is 0 Å². The molecule has 0 unspecified atom stereocenters. The Balaban J connectivity index is 1.67. The van der Waals surface area contributed by atoms with Crippen LogP contribution in [-0.2, 0) is 13.6 Å². The van der Waals surface area contributed by atoms with Crippen LogP contribution in [0.25, 0.3) is 22.2 Å². The van der Waals surface area contributed by atoms with E-state index in [1.807, 2.05) is 13.2 Å². The molecule has 0 saturated carbocycles. The van der Waals surface area contributed by atoms with Crippen molar-refractivity contribution in [2.75, 3.05) is 0 Å². The van der Waals surface area contributed by atoms with E-state index < -0.39 is 0 Å². The van der Waals surface area contributed by atoms with Gasteiger partial charge in [-0.2, -0.15) is 5.10 Å². The van der Waals surface area contributed by atoms with Crippen molar-refractivity contribution in [1.29, 1.82) is 0 Å². The van der Waals surface area contributed by atoms with E-state index in [-0.39, 0.29) is 12.1 Å². The summed E-state index contributed by atoms with van der Waals surface area (Å²) < 4.78 is 8.48. The van der Waals surface area contributed by atoms with Crippen LogP contribution in [0, 0.1) is 0 Å². The molecule has 114 valence electrons. The fraction of sp³-hybridized carbons (Fsp3) is 0.133. The van der Waals surface area contributed by atoms with Crippen LogP contribution in [-0.4, -0.2) is 29.5 Å². The Morgan fingerprint density at radius 2 is 2.22 bits per heavy atom. The second-order valence-electron chi connectivity index (χ2n) is 5.15. The highest BCUT2D eigenvalue weighted by molar-refractivity contribution is 5.75. The number of pyridine rings is 1. The lowest BCUT2D eigenvalue weighted by molar-refractivity contribution is 0.376. The van der Waals surface area contributed by atoms with Gasteiger partial charge in [0, 0.05) is 31.1 Å². The maximum Gasteiger partial charge on any atom is 0.261 e. The number of aryl methyl sites for hydroxylation is 1. The molecule has 0 radical (unpaired) electrons. The van der Waals surface area contributed by atoms with Crippen LogP contribution in [0.3, 0.4) is 0 Å². The highest BCUT2D eigenvalue weighted by Crippen LogP contribution is 2.18. The van der Waals surface area contributed by atoms with Crippen molar-refractivity contribution in [3.63, 3.8) is 0 Å². The minimum Gasteiger partial charge on any atom is -0.359 e. The second-order valence-corrected chi connectivity index (χ2v) is 5.15. The fourth-order valence-corrected chi connectivity index (χ4v) is 2.37. The van der Waals surface area contributed by atoms with Crippen LogP contribution in [0.15, 0.2) is 52.6 Å². The van der Waals surface area contributed by atoms with Crippen LogP contribution in [0.1, 0.15) is 5.76 Å². The molecule has 4 rings (SSSR count). The predicted molar refractivity (Wildman–Crippen MR) is 81.6 cm³/mol. The molecule has 8 nitrogen and oxygen atoms in total. The summed E-state index contributed by atoms with van der Waals surface area (Å²) in [4.78, 5) is 20.6. The van der Waals surface area contributed by atoms with Crippen LogP contribution < -0.4 is 5.56 Å². The van der Waals surface area contributed by atoms with Gasteiger partial charge in [0.05, 0.1) is 36.2 Å². The molecule has 8 heteroatoms. The SMILES string of the molecule is Cn1cc(-c2cc(Cn3cnc4cnccc4c3=O)on2)cn1. The normalized spacial score (nSPS) is 11.2. The molecule has 0 aromatic carbocycles. The van der Waals surface area contributed by atoms with E-state index >= 15 is 0 Å². The first-order valence-corrected chi connectivity index (χ1v) is 6.94. The predicted octanol–water partition coefficient (Wildman–Crippen LogP) is 1.23. The van der Waals surface area contributed by atoms with Gasteiger partial charge in [-0.1, -0.05) is 5.16 Å². The molecular formula is C15H12N6O2. The zero-order valence-electron chi connectivity index (χ0n) is 12.2. The quantitative estimate of drug-likeness (QED) is 0.565. The first-order valence-electron chi connectivity index (χ1n) is 6.94. The summed E-state index contributed by atoms with van der Waals surface area (Å²) in [6, 6.07) is 3.45. The molecule has 0 atom stereocenters. The lowest BCUT2D eigenvalue weighted by Gasteiger charge is -2.03. The van der Waals surface area contributed by atoms with Crippen LogP contribution in [0.2, 0.25) is 0 Å². The Hall–Kier alpha value is -3.29. The molecule has 0 aliphatic carbocycles. The number of hydrogen-bond donors (Lipinski definition) is 0. The summed E-state index contributed by atoms with van der Waals surface area (Å²) in [5, 5.41) is 8.63. The summed E-state index contributed by atoms with van der Waals surface area (Å²) in [5.74, 6) is 0.571. The van der Waals surface area contributed by atoms with Crippen LogP contribution >= 0.6 is 0 Å². The van der Waals surface area contributed by atoms with Crippen molar-refractivity contribution in [3.05, 3.63) is 59.4 Å². The van der Waals surface area contributed by atoms with Crippen molar-refractivity contribution in [2.24, 2.45) is 7.05 Å². The Morgan fingerprint density at radius 1 is 1.30 bits per heavy atom.